The third-order valence-corrected chi connectivity index (χ3v) is 3.49. The number of rotatable bonds is 3. The topological polar surface area (TPSA) is 29.1 Å². The Kier molecular flexibility index (Phi) is 4.10. The number of nitrogens with one attached hydrogen (secondary N) is 1. The maximum atomic E-state index is 12.9. The minimum atomic E-state index is -1.32. The Morgan fingerprint density at radius 2 is 2.06 bits per heavy atom. The normalized spacial score (nSPS) is 11.3. The lowest BCUT2D eigenvalue weighted by Crippen LogP contribution is -2.39. The van der Waals surface area contributed by atoms with E-state index in [9.17, 15) is 9.18 Å². The molecule has 1 rings (SSSR count). The highest BCUT2D eigenvalue weighted by atomic mass is 35.5. The molecule has 1 N–H and O–H groups in total. The summed E-state index contributed by atoms with van der Waals surface area (Å²) >= 11 is 5.60. The van der Waals surface area contributed by atoms with Crippen molar-refractivity contribution >= 4 is 25.6 Å². The molecule has 0 atom stereocenters. The van der Waals surface area contributed by atoms with Gasteiger partial charge in [-0.1, -0.05) is 31.2 Å². The first-order valence-corrected chi connectivity index (χ1v) is 9.11. The van der Waals surface area contributed by atoms with Gasteiger partial charge < -0.3 is 5.32 Å². The van der Waals surface area contributed by atoms with E-state index in [0.29, 0.717) is 11.7 Å². The van der Waals surface area contributed by atoms with Crippen molar-refractivity contribution in [3.63, 3.8) is 0 Å². The summed E-state index contributed by atoms with van der Waals surface area (Å²) in [6.45, 7) is 6.47. The van der Waals surface area contributed by atoms with E-state index >= 15 is 0 Å². The first kappa shape index (κ1) is 13.2. The van der Waals surface area contributed by atoms with Crippen LogP contribution in [0.2, 0.25) is 24.7 Å². The first-order chi connectivity index (χ1) is 7.29. The second-order valence-corrected chi connectivity index (χ2v) is 10.8. The van der Waals surface area contributed by atoms with Crippen LogP contribution in [-0.4, -0.2) is 20.1 Å². The third-order valence-electron chi connectivity index (χ3n) is 1.96. The van der Waals surface area contributed by atoms with Crippen LogP contribution in [-0.2, 0) is 0 Å². The summed E-state index contributed by atoms with van der Waals surface area (Å²) in [5, 5.41) is 2.80. The van der Waals surface area contributed by atoms with E-state index in [2.05, 4.69) is 25.0 Å². The molecule has 2 nitrogen and oxygen atoms in total. The van der Waals surface area contributed by atoms with Crippen LogP contribution < -0.4 is 5.32 Å². The molecule has 0 bridgehead atoms. The van der Waals surface area contributed by atoms with Gasteiger partial charge in [0.25, 0.3) is 5.91 Å². The van der Waals surface area contributed by atoms with E-state index in [-0.39, 0.29) is 10.9 Å². The number of carbonyl (C=O) groups is 1. The summed E-state index contributed by atoms with van der Waals surface area (Å²) in [4.78, 5) is 11.7. The molecule has 0 fully saturated rings. The van der Waals surface area contributed by atoms with E-state index in [0.717, 1.165) is 0 Å². The molecular formula is C11H15ClFNOSi. The van der Waals surface area contributed by atoms with Crippen molar-refractivity contribution in [2.45, 2.75) is 19.6 Å². The highest BCUT2D eigenvalue weighted by molar-refractivity contribution is 6.76. The van der Waals surface area contributed by atoms with Gasteiger partial charge in [-0.3, -0.25) is 4.79 Å². The largest absolute Gasteiger partial charge is 0.355 e. The van der Waals surface area contributed by atoms with Crippen molar-refractivity contribution in [2.24, 2.45) is 0 Å². The monoisotopic (exact) mass is 259 g/mol. The van der Waals surface area contributed by atoms with Gasteiger partial charge in [-0.05, 0) is 18.2 Å². The maximum absolute atomic E-state index is 12.9. The smallest absolute Gasteiger partial charge is 0.251 e. The van der Waals surface area contributed by atoms with Gasteiger partial charge in [0.15, 0.2) is 0 Å². The fraction of sp³-hybridized carbons (Fsp3) is 0.364. The lowest BCUT2D eigenvalue weighted by atomic mass is 10.2. The molecule has 0 aliphatic rings. The molecule has 0 heterocycles. The standard InChI is InChI=1S/C11H15ClFNOSi/c1-16(2,3)7-14-11(15)8-4-5-10(13)9(12)6-8/h4-6H,7H2,1-3H3,(H,14,15). The lowest BCUT2D eigenvalue weighted by Gasteiger charge is -2.16. The van der Waals surface area contributed by atoms with Crippen LogP contribution in [0.15, 0.2) is 18.2 Å². The van der Waals surface area contributed by atoms with E-state index in [1.54, 1.807) is 0 Å². The Balaban J connectivity index is 2.70. The lowest BCUT2D eigenvalue weighted by molar-refractivity contribution is 0.0959. The van der Waals surface area contributed by atoms with Gasteiger partial charge >= 0.3 is 0 Å². The minimum absolute atomic E-state index is 0.0272. The van der Waals surface area contributed by atoms with E-state index < -0.39 is 13.9 Å². The number of halogens is 2. The van der Waals surface area contributed by atoms with Crippen molar-refractivity contribution in [3.8, 4) is 0 Å². The van der Waals surface area contributed by atoms with E-state index in [4.69, 9.17) is 11.6 Å². The van der Waals surface area contributed by atoms with E-state index in [1.807, 2.05) is 0 Å². The predicted octanol–water partition coefficient (Wildman–Crippen LogP) is 3.09. The molecule has 0 aromatic heterocycles. The predicted molar refractivity (Wildman–Crippen MR) is 67.1 cm³/mol. The molecule has 16 heavy (non-hydrogen) atoms. The molecule has 0 aliphatic carbocycles. The number of hydrogen-bond acceptors (Lipinski definition) is 1. The van der Waals surface area contributed by atoms with Gasteiger partial charge in [-0.15, -0.1) is 0 Å². The van der Waals surface area contributed by atoms with Crippen molar-refractivity contribution in [2.75, 3.05) is 6.17 Å². The minimum Gasteiger partial charge on any atom is -0.355 e. The molecule has 0 radical (unpaired) electrons. The van der Waals surface area contributed by atoms with Gasteiger partial charge in [0.1, 0.15) is 5.82 Å². The maximum Gasteiger partial charge on any atom is 0.251 e. The fourth-order valence-electron chi connectivity index (χ4n) is 1.08. The molecule has 0 saturated heterocycles. The van der Waals surface area contributed by atoms with Crippen LogP contribution in [0.4, 0.5) is 4.39 Å². The number of benzene rings is 1. The summed E-state index contributed by atoms with van der Waals surface area (Å²) in [5.74, 6) is -0.715. The summed E-state index contributed by atoms with van der Waals surface area (Å²) in [6.07, 6.45) is 0.695. The zero-order valence-corrected chi connectivity index (χ0v) is 11.4. The van der Waals surface area contributed by atoms with Gasteiger partial charge in [-0.25, -0.2) is 4.39 Å². The van der Waals surface area contributed by atoms with Crippen LogP contribution in [0.5, 0.6) is 0 Å². The van der Waals surface area contributed by atoms with Crippen LogP contribution in [0, 0.1) is 5.82 Å². The number of amides is 1. The third kappa shape index (κ3) is 3.94. The SMILES string of the molecule is C[Si](C)(C)CNC(=O)c1ccc(F)c(Cl)c1. The fourth-order valence-corrected chi connectivity index (χ4v) is 1.96. The molecule has 5 heteroatoms. The van der Waals surface area contributed by atoms with Crippen molar-refractivity contribution in [1.82, 2.24) is 5.32 Å². The molecule has 0 spiro atoms. The quantitative estimate of drug-likeness (QED) is 0.831. The second-order valence-electron chi connectivity index (χ2n) is 4.87. The van der Waals surface area contributed by atoms with Crippen LogP contribution in [0.3, 0.4) is 0 Å². The zero-order chi connectivity index (χ0) is 12.3. The van der Waals surface area contributed by atoms with Crippen LogP contribution in [0.25, 0.3) is 0 Å². The molecule has 0 saturated carbocycles. The zero-order valence-electron chi connectivity index (χ0n) is 9.60. The van der Waals surface area contributed by atoms with Crippen LogP contribution >= 0.6 is 11.6 Å². The molecule has 1 amide bonds. The molecule has 88 valence electrons. The molecule has 0 aliphatic heterocycles. The summed E-state index contributed by atoms with van der Waals surface area (Å²) in [6, 6.07) is 3.98. The number of hydrogen-bond donors (Lipinski definition) is 1. The molecule has 0 unspecified atom stereocenters. The van der Waals surface area contributed by atoms with Gasteiger partial charge in [0, 0.05) is 11.7 Å². The highest BCUT2D eigenvalue weighted by Crippen LogP contribution is 2.15. The first-order valence-electron chi connectivity index (χ1n) is 5.03. The average Bonchev–Trinajstić information content (AvgIpc) is 2.17. The van der Waals surface area contributed by atoms with Crippen molar-refractivity contribution in [1.29, 1.82) is 0 Å². The van der Waals surface area contributed by atoms with Crippen molar-refractivity contribution in [3.05, 3.63) is 34.6 Å². The Bertz CT molecular complexity index is 403. The summed E-state index contributed by atoms with van der Waals surface area (Å²) < 4.78 is 12.9. The Morgan fingerprint density at radius 3 is 2.56 bits per heavy atom. The summed E-state index contributed by atoms with van der Waals surface area (Å²) in [7, 11) is -1.32. The second kappa shape index (κ2) is 4.97. The Hall–Kier alpha value is -0.873. The van der Waals surface area contributed by atoms with Gasteiger partial charge in [0.05, 0.1) is 13.1 Å². The average molecular weight is 260 g/mol. The molecule has 1 aromatic carbocycles. The number of carbonyl (C=O) groups excluding carboxylic acids is 1. The van der Waals surface area contributed by atoms with Gasteiger partial charge in [0.2, 0.25) is 0 Å². The highest BCUT2D eigenvalue weighted by Gasteiger charge is 2.15. The summed E-state index contributed by atoms with van der Waals surface area (Å²) in [5.41, 5.74) is 0.393. The van der Waals surface area contributed by atoms with Crippen LogP contribution in [0.1, 0.15) is 10.4 Å². The van der Waals surface area contributed by atoms with Crippen molar-refractivity contribution < 1.29 is 9.18 Å². The Morgan fingerprint density at radius 1 is 1.44 bits per heavy atom. The molecular weight excluding hydrogens is 245 g/mol. The van der Waals surface area contributed by atoms with E-state index in [1.165, 1.54) is 18.2 Å². The Labute approximate surface area is 101 Å². The van der Waals surface area contributed by atoms with Gasteiger partial charge in [-0.2, -0.15) is 0 Å². The molecule has 1 aromatic rings.